The molecule has 0 bridgehead atoms. The van der Waals surface area contributed by atoms with Crippen LogP contribution in [0, 0.1) is 5.92 Å². The van der Waals surface area contributed by atoms with Gasteiger partial charge in [0, 0.05) is 5.92 Å². The van der Waals surface area contributed by atoms with Gasteiger partial charge in [-0.3, -0.25) is 4.79 Å². The van der Waals surface area contributed by atoms with Gasteiger partial charge >= 0.3 is 0 Å². The number of rotatable bonds is 4. The van der Waals surface area contributed by atoms with E-state index < -0.39 is 0 Å². The Kier molecular flexibility index (Phi) is 4.22. The third-order valence-corrected chi connectivity index (χ3v) is 5.35. The van der Waals surface area contributed by atoms with Crippen molar-refractivity contribution in [3.05, 3.63) is 56.7 Å². The molecule has 1 amide bonds. The van der Waals surface area contributed by atoms with Gasteiger partial charge in [-0.15, -0.1) is 11.3 Å². The molecule has 2 aromatic rings. The Labute approximate surface area is 136 Å². The van der Waals surface area contributed by atoms with Crippen LogP contribution in [-0.4, -0.2) is 11.6 Å². The number of benzene rings is 1. The highest BCUT2D eigenvalue weighted by molar-refractivity contribution is 9.11. The molecule has 0 spiro atoms. The summed E-state index contributed by atoms with van der Waals surface area (Å²) in [6.45, 7) is 1.90. The zero-order valence-corrected chi connectivity index (χ0v) is 13.9. The van der Waals surface area contributed by atoms with Crippen LogP contribution in [0.3, 0.4) is 0 Å². The highest BCUT2D eigenvalue weighted by atomic mass is 79.9. The molecule has 108 valence electrons. The molecule has 1 aromatic carbocycles. The summed E-state index contributed by atoms with van der Waals surface area (Å²) in [6, 6.07) is 14.1. The Hall–Kier alpha value is -1.46. The van der Waals surface area contributed by atoms with E-state index in [-0.39, 0.29) is 11.8 Å². The number of carbonyl (C=O) groups is 1. The number of hydrazone groups is 1. The normalized spacial score (nSPS) is 21.1. The predicted molar refractivity (Wildman–Crippen MR) is 89.7 cm³/mol. The predicted octanol–water partition coefficient (Wildman–Crippen LogP) is 4.15. The Morgan fingerprint density at radius 1 is 1.29 bits per heavy atom. The first kappa shape index (κ1) is 14.5. The van der Waals surface area contributed by atoms with Crippen LogP contribution in [0.25, 0.3) is 0 Å². The van der Waals surface area contributed by atoms with E-state index in [4.69, 9.17) is 0 Å². The average molecular weight is 363 g/mol. The highest BCUT2D eigenvalue weighted by Gasteiger charge is 2.43. The Morgan fingerprint density at radius 3 is 2.71 bits per heavy atom. The standard InChI is InChI=1S/C16H15BrN2OS/c1-10(14-7-8-15(17)21-14)18-19-16(20)13-9-12(13)11-5-3-2-4-6-11/h2-8,12-13H,9H2,1H3,(H,19,20)/b18-10-. The van der Waals surface area contributed by atoms with Gasteiger partial charge in [-0.05, 0) is 52.9 Å². The van der Waals surface area contributed by atoms with E-state index in [1.54, 1.807) is 11.3 Å². The van der Waals surface area contributed by atoms with Gasteiger partial charge in [0.1, 0.15) is 0 Å². The van der Waals surface area contributed by atoms with Crippen LogP contribution in [0.1, 0.15) is 29.7 Å². The van der Waals surface area contributed by atoms with Gasteiger partial charge in [-0.1, -0.05) is 30.3 Å². The largest absolute Gasteiger partial charge is 0.273 e. The minimum absolute atomic E-state index is 0.0128. The summed E-state index contributed by atoms with van der Waals surface area (Å²) < 4.78 is 1.06. The Bertz CT molecular complexity index is 681. The van der Waals surface area contributed by atoms with E-state index in [2.05, 4.69) is 38.6 Å². The van der Waals surface area contributed by atoms with Crippen molar-refractivity contribution in [1.29, 1.82) is 0 Å². The molecule has 1 aliphatic carbocycles. The molecule has 0 aliphatic heterocycles. The van der Waals surface area contributed by atoms with Gasteiger partial charge in [-0.2, -0.15) is 5.10 Å². The number of halogens is 1. The lowest BCUT2D eigenvalue weighted by molar-refractivity contribution is -0.122. The molecule has 0 radical (unpaired) electrons. The lowest BCUT2D eigenvalue weighted by Crippen LogP contribution is -2.21. The summed E-state index contributed by atoms with van der Waals surface area (Å²) in [5.41, 5.74) is 4.76. The fourth-order valence-corrected chi connectivity index (χ4v) is 3.67. The zero-order valence-electron chi connectivity index (χ0n) is 11.5. The van der Waals surface area contributed by atoms with Gasteiger partial charge in [-0.25, -0.2) is 5.43 Å². The summed E-state index contributed by atoms with van der Waals surface area (Å²) in [6.07, 6.45) is 0.912. The molecule has 2 atom stereocenters. The fraction of sp³-hybridized carbons (Fsp3) is 0.250. The molecular weight excluding hydrogens is 348 g/mol. The quantitative estimate of drug-likeness (QED) is 0.643. The van der Waals surface area contributed by atoms with Gasteiger partial charge in [0.15, 0.2) is 0 Å². The Morgan fingerprint density at radius 2 is 2.05 bits per heavy atom. The molecule has 1 fully saturated rings. The van der Waals surface area contributed by atoms with Crippen LogP contribution in [0.5, 0.6) is 0 Å². The zero-order chi connectivity index (χ0) is 14.8. The molecule has 1 heterocycles. The third-order valence-electron chi connectivity index (χ3n) is 3.62. The first-order valence-electron chi connectivity index (χ1n) is 6.80. The Balaban J connectivity index is 1.58. The molecule has 2 unspecified atom stereocenters. The van der Waals surface area contributed by atoms with E-state index >= 15 is 0 Å². The first-order valence-corrected chi connectivity index (χ1v) is 8.41. The second-order valence-electron chi connectivity index (χ2n) is 5.14. The van der Waals surface area contributed by atoms with Crippen molar-refractivity contribution in [2.75, 3.05) is 0 Å². The summed E-state index contributed by atoms with van der Waals surface area (Å²) in [5, 5.41) is 4.20. The molecule has 1 N–H and O–H groups in total. The number of carbonyl (C=O) groups excluding carboxylic acids is 1. The second kappa shape index (κ2) is 6.12. The topological polar surface area (TPSA) is 41.5 Å². The molecule has 1 aromatic heterocycles. The highest BCUT2D eigenvalue weighted by Crippen LogP contribution is 2.47. The molecule has 1 aliphatic rings. The number of amides is 1. The molecule has 0 saturated heterocycles. The van der Waals surface area contributed by atoms with Crippen molar-refractivity contribution in [3.63, 3.8) is 0 Å². The van der Waals surface area contributed by atoms with Crippen LogP contribution in [-0.2, 0) is 4.79 Å². The first-order chi connectivity index (χ1) is 10.1. The minimum Gasteiger partial charge on any atom is -0.273 e. The maximum atomic E-state index is 12.1. The fourth-order valence-electron chi connectivity index (χ4n) is 2.34. The van der Waals surface area contributed by atoms with Crippen molar-refractivity contribution in [2.45, 2.75) is 19.3 Å². The van der Waals surface area contributed by atoms with Crippen molar-refractivity contribution in [1.82, 2.24) is 5.43 Å². The molecule has 1 saturated carbocycles. The van der Waals surface area contributed by atoms with E-state index in [1.165, 1.54) is 5.56 Å². The molecule has 5 heteroatoms. The van der Waals surface area contributed by atoms with Crippen LogP contribution in [0.4, 0.5) is 0 Å². The van der Waals surface area contributed by atoms with Crippen molar-refractivity contribution in [3.8, 4) is 0 Å². The lowest BCUT2D eigenvalue weighted by Gasteiger charge is -2.01. The molecule has 3 rings (SSSR count). The summed E-state index contributed by atoms with van der Waals surface area (Å²) in [7, 11) is 0. The van der Waals surface area contributed by atoms with E-state index in [1.807, 2.05) is 37.3 Å². The maximum absolute atomic E-state index is 12.1. The van der Waals surface area contributed by atoms with Crippen molar-refractivity contribution in [2.24, 2.45) is 11.0 Å². The maximum Gasteiger partial charge on any atom is 0.243 e. The van der Waals surface area contributed by atoms with Crippen molar-refractivity contribution >= 4 is 38.9 Å². The van der Waals surface area contributed by atoms with Crippen LogP contribution < -0.4 is 5.43 Å². The lowest BCUT2D eigenvalue weighted by atomic mass is 10.1. The average Bonchev–Trinajstić information content (AvgIpc) is 3.20. The van der Waals surface area contributed by atoms with E-state index in [0.29, 0.717) is 5.92 Å². The number of nitrogens with one attached hydrogen (secondary N) is 1. The smallest absolute Gasteiger partial charge is 0.243 e. The number of hydrogen-bond acceptors (Lipinski definition) is 3. The van der Waals surface area contributed by atoms with Gasteiger partial charge in [0.2, 0.25) is 5.91 Å². The van der Waals surface area contributed by atoms with Crippen molar-refractivity contribution < 1.29 is 4.79 Å². The molecular formula is C16H15BrN2OS. The third kappa shape index (κ3) is 3.41. The van der Waals surface area contributed by atoms with Gasteiger partial charge < -0.3 is 0 Å². The molecule has 21 heavy (non-hydrogen) atoms. The summed E-state index contributed by atoms with van der Waals surface area (Å²) >= 11 is 5.03. The minimum atomic E-state index is 0.0128. The second-order valence-corrected chi connectivity index (χ2v) is 7.60. The van der Waals surface area contributed by atoms with E-state index in [9.17, 15) is 4.79 Å². The van der Waals surface area contributed by atoms with Gasteiger partial charge in [0.05, 0.1) is 14.4 Å². The monoisotopic (exact) mass is 362 g/mol. The summed E-state index contributed by atoms with van der Waals surface area (Å²) in [4.78, 5) is 13.2. The summed E-state index contributed by atoms with van der Waals surface area (Å²) in [5.74, 6) is 0.412. The molecule has 3 nitrogen and oxygen atoms in total. The number of hydrogen-bond donors (Lipinski definition) is 1. The number of thiophene rings is 1. The van der Waals surface area contributed by atoms with Crippen LogP contribution >= 0.6 is 27.3 Å². The van der Waals surface area contributed by atoms with Crippen LogP contribution in [0.15, 0.2) is 51.4 Å². The van der Waals surface area contributed by atoms with Crippen LogP contribution in [0.2, 0.25) is 0 Å². The number of nitrogens with zero attached hydrogens (tertiary/aromatic N) is 1. The van der Waals surface area contributed by atoms with E-state index in [0.717, 1.165) is 20.8 Å². The SMILES string of the molecule is C/C(=N/NC(=O)C1CC1c1ccccc1)c1ccc(Br)s1. The van der Waals surface area contributed by atoms with Gasteiger partial charge in [0.25, 0.3) is 0 Å².